The molecule has 0 saturated carbocycles. The van der Waals surface area contributed by atoms with Gasteiger partial charge in [0.25, 0.3) is 0 Å². The number of halogens is 4. The lowest BCUT2D eigenvalue weighted by Gasteiger charge is -2.41. The lowest BCUT2D eigenvalue weighted by Crippen LogP contribution is -2.57. The molecule has 2 atom stereocenters. The summed E-state index contributed by atoms with van der Waals surface area (Å²) in [5.74, 6) is -1.12. The largest absolute Gasteiger partial charge is 0.467 e. The maximum Gasteiger partial charge on any atom is 0.422 e. The molecule has 11 nitrogen and oxygen atoms in total. The molecule has 214 valence electrons. The second-order valence-electron chi connectivity index (χ2n) is 9.56. The normalized spacial score (nSPS) is 22.4. The van der Waals surface area contributed by atoms with Crippen LogP contribution in [0.5, 0.6) is 5.88 Å². The smallest absolute Gasteiger partial charge is 0.422 e. The number of aromatic nitrogens is 3. The Labute approximate surface area is 225 Å². The summed E-state index contributed by atoms with van der Waals surface area (Å²) in [6.07, 6.45) is -3.78. The summed E-state index contributed by atoms with van der Waals surface area (Å²) in [4.78, 5) is 23.7. The van der Waals surface area contributed by atoms with Gasteiger partial charge in [-0.05, 0) is 39.0 Å². The number of nitrogens with one attached hydrogen (secondary N) is 1. The van der Waals surface area contributed by atoms with Crippen molar-refractivity contribution in [2.75, 3.05) is 19.4 Å². The summed E-state index contributed by atoms with van der Waals surface area (Å²) in [6.45, 7) is 3.12. The number of aliphatic imine (C=N–C) groups is 1. The molecule has 4 rings (SSSR count). The lowest BCUT2D eigenvalue weighted by molar-refractivity contribution is -0.154. The molecule has 0 saturated heterocycles. The van der Waals surface area contributed by atoms with Crippen LogP contribution in [-0.4, -0.2) is 66.7 Å². The molecule has 3 aromatic rings. The Kier molecular flexibility index (Phi) is 7.34. The van der Waals surface area contributed by atoms with Gasteiger partial charge >= 0.3 is 12.3 Å². The fourth-order valence-electron chi connectivity index (χ4n) is 4.14. The first-order valence-electron chi connectivity index (χ1n) is 11.6. The minimum atomic E-state index is -4.53. The molecule has 40 heavy (non-hydrogen) atoms. The van der Waals surface area contributed by atoms with Gasteiger partial charge in [0.2, 0.25) is 5.88 Å². The summed E-state index contributed by atoms with van der Waals surface area (Å²) >= 11 is 0. The molecule has 0 aliphatic carbocycles. The van der Waals surface area contributed by atoms with Crippen LogP contribution in [0.1, 0.15) is 26.3 Å². The van der Waals surface area contributed by atoms with Crippen molar-refractivity contribution in [1.82, 2.24) is 20.4 Å². The average Bonchev–Trinajstić information content (AvgIpc) is 3.36. The molecule has 1 aliphatic heterocycles. The van der Waals surface area contributed by atoms with Crippen molar-refractivity contribution in [3.8, 4) is 28.6 Å². The Morgan fingerprint density at radius 2 is 1.93 bits per heavy atom. The van der Waals surface area contributed by atoms with Crippen LogP contribution in [0.4, 0.5) is 22.4 Å². The van der Waals surface area contributed by atoms with E-state index in [2.05, 4.69) is 34.5 Å². The zero-order valence-corrected chi connectivity index (χ0v) is 22.4. The highest BCUT2D eigenvalue weighted by molar-refractivity contribution is 7.95. The highest BCUT2D eigenvalue weighted by Gasteiger charge is 2.49. The number of rotatable bonds is 5. The molecule has 3 heterocycles. The van der Waals surface area contributed by atoms with Crippen molar-refractivity contribution in [3.63, 3.8) is 0 Å². The number of alkyl halides is 3. The fourth-order valence-corrected chi connectivity index (χ4v) is 6.47. The standard InChI is InChI=1S/C24H24F4N6O5S/c1-22(2)20(32-21(35)36)33-23(3,12-40(22,37)29-4)14-7-13(5-6-15(14)25)18-8-16(34-39-18)17-9-31-19(10-30-17)38-11-24(26,27)28/h5-10H,11-12H2,1-4H3,(H,32,33)(H,35,36)/t23-,40?/m0/s1. The van der Waals surface area contributed by atoms with Crippen molar-refractivity contribution in [2.24, 2.45) is 9.36 Å². The van der Waals surface area contributed by atoms with Gasteiger partial charge in [0.15, 0.2) is 12.4 Å². The van der Waals surface area contributed by atoms with Crippen LogP contribution in [0.15, 0.2) is 50.5 Å². The Morgan fingerprint density at radius 3 is 2.52 bits per heavy atom. The SMILES string of the molecule is CN=S1(=O)C[C@@](C)(c2cc(-c3cc(-c4cnc(OCC(F)(F)F)cn4)no3)ccc2F)N=C(NC(=O)O)C1(C)C. The first-order valence-corrected chi connectivity index (χ1v) is 13.3. The van der Waals surface area contributed by atoms with Crippen molar-refractivity contribution in [2.45, 2.75) is 37.2 Å². The van der Waals surface area contributed by atoms with E-state index in [-0.39, 0.29) is 40.2 Å². The highest BCUT2D eigenvalue weighted by Crippen LogP contribution is 2.40. The Morgan fingerprint density at radius 1 is 1.20 bits per heavy atom. The molecular formula is C24H24F4N6O5S. The summed E-state index contributed by atoms with van der Waals surface area (Å²) < 4.78 is 78.8. The van der Waals surface area contributed by atoms with E-state index in [0.717, 1.165) is 18.5 Å². The molecule has 1 unspecified atom stereocenters. The number of nitrogens with zero attached hydrogens (tertiary/aromatic N) is 5. The van der Waals surface area contributed by atoms with Gasteiger partial charge in [-0.3, -0.25) is 10.3 Å². The molecule has 0 radical (unpaired) electrons. The Hall–Kier alpha value is -4.08. The predicted molar refractivity (Wildman–Crippen MR) is 136 cm³/mol. The minimum absolute atomic E-state index is 0.0190. The molecule has 1 amide bonds. The summed E-state index contributed by atoms with van der Waals surface area (Å²) in [5, 5.41) is 15.4. The van der Waals surface area contributed by atoms with E-state index < -0.39 is 44.7 Å². The maximum absolute atomic E-state index is 15.2. The summed E-state index contributed by atoms with van der Waals surface area (Å²) in [7, 11) is -1.76. The zero-order chi connectivity index (χ0) is 29.5. The number of amides is 1. The molecule has 2 N–H and O–H groups in total. The third-order valence-corrected chi connectivity index (χ3v) is 9.67. The Balaban J connectivity index is 1.69. The predicted octanol–water partition coefficient (Wildman–Crippen LogP) is 4.65. The molecule has 16 heteroatoms. The maximum atomic E-state index is 15.2. The van der Waals surface area contributed by atoms with E-state index in [4.69, 9.17) is 4.52 Å². The molecular weight excluding hydrogens is 560 g/mol. The number of hydrogen-bond acceptors (Lipinski definition) is 9. The second-order valence-corrected chi connectivity index (χ2v) is 12.5. The van der Waals surface area contributed by atoms with Crippen LogP contribution in [-0.2, 0) is 15.3 Å². The van der Waals surface area contributed by atoms with E-state index in [1.54, 1.807) is 13.8 Å². The van der Waals surface area contributed by atoms with E-state index in [1.165, 1.54) is 32.2 Å². The topological polar surface area (TPSA) is 152 Å². The van der Waals surface area contributed by atoms with E-state index in [0.29, 0.717) is 5.56 Å². The number of ether oxygens (including phenoxy) is 1. The van der Waals surface area contributed by atoms with Gasteiger partial charge in [0.05, 0.1) is 27.9 Å². The van der Waals surface area contributed by atoms with E-state index in [9.17, 15) is 27.3 Å². The minimum Gasteiger partial charge on any atom is -0.467 e. The fraction of sp³-hybridized carbons (Fsp3) is 0.375. The highest BCUT2D eigenvalue weighted by atomic mass is 32.2. The third kappa shape index (κ3) is 5.61. The van der Waals surface area contributed by atoms with Gasteiger partial charge in [0.1, 0.15) is 33.3 Å². The number of amidine groups is 1. The van der Waals surface area contributed by atoms with Crippen molar-refractivity contribution < 1.29 is 40.9 Å². The second kappa shape index (κ2) is 10.1. The number of carbonyl (C=O) groups is 1. The monoisotopic (exact) mass is 584 g/mol. The molecule has 0 fully saturated rings. The quantitative estimate of drug-likeness (QED) is 0.411. The first kappa shape index (κ1) is 28.9. The van der Waals surface area contributed by atoms with Crippen LogP contribution < -0.4 is 10.1 Å². The Bertz CT molecular complexity index is 1600. The van der Waals surface area contributed by atoms with Gasteiger partial charge in [-0.15, -0.1) is 0 Å². The van der Waals surface area contributed by atoms with E-state index >= 15 is 4.39 Å². The van der Waals surface area contributed by atoms with Crippen molar-refractivity contribution in [1.29, 1.82) is 0 Å². The molecule has 1 aliphatic rings. The van der Waals surface area contributed by atoms with E-state index in [1.807, 2.05) is 0 Å². The number of benzene rings is 1. The molecule has 0 bridgehead atoms. The molecule has 2 aromatic heterocycles. The van der Waals surface area contributed by atoms with Gasteiger partial charge in [-0.25, -0.2) is 27.7 Å². The van der Waals surface area contributed by atoms with Gasteiger partial charge in [0, 0.05) is 24.2 Å². The summed E-state index contributed by atoms with van der Waals surface area (Å²) in [6, 6.07) is 5.47. The molecule has 0 spiro atoms. The zero-order valence-electron chi connectivity index (χ0n) is 21.6. The van der Waals surface area contributed by atoms with Crippen LogP contribution in [0.25, 0.3) is 22.7 Å². The van der Waals surface area contributed by atoms with Gasteiger partial charge in [-0.1, -0.05) is 5.16 Å². The van der Waals surface area contributed by atoms with Gasteiger partial charge in [-0.2, -0.15) is 13.2 Å². The van der Waals surface area contributed by atoms with Crippen LogP contribution >= 0.6 is 0 Å². The number of hydrogen-bond donors (Lipinski definition) is 2. The van der Waals surface area contributed by atoms with Crippen molar-refractivity contribution in [3.05, 3.63) is 48.0 Å². The number of carboxylic acid groups (broad SMARTS) is 1. The average molecular weight is 585 g/mol. The van der Waals surface area contributed by atoms with Crippen LogP contribution in [0.2, 0.25) is 0 Å². The third-order valence-electron chi connectivity index (χ3n) is 6.34. The molecule has 1 aromatic carbocycles. The lowest BCUT2D eigenvalue weighted by atomic mass is 9.91. The first-order chi connectivity index (χ1) is 18.6. The van der Waals surface area contributed by atoms with Gasteiger partial charge < -0.3 is 14.4 Å². The van der Waals surface area contributed by atoms with Crippen LogP contribution in [0.3, 0.4) is 0 Å². The van der Waals surface area contributed by atoms with Crippen LogP contribution in [0, 0.1) is 5.82 Å². The summed E-state index contributed by atoms with van der Waals surface area (Å²) in [5.41, 5.74) is -0.714. The van der Waals surface area contributed by atoms with Crippen molar-refractivity contribution >= 4 is 21.7 Å².